The highest BCUT2D eigenvalue weighted by molar-refractivity contribution is 5.99. The second-order valence-corrected chi connectivity index (χ2v) is 4.06. The first-order chi connectivity index (χ1) is 8.08. The molecule has 1 heterocycles. The third-order valence-electron chi connectivity index (χ3n) is 2.84. The number of carbonyl (C=O) groups is 2. The zero-order chi connectivity index (χ0) is 12.4. The second kappa shape index (κ2) is 4.53. The number of rotatable bonds is 2. The maximum Gasteiger partial charge on any atom is 0.246 e. The van der Waals surface area contributed by atoms with E-state index in [1.165, 1.54) is 12.1 Å². The molecule has 1 aliphatic heterocycles. The highest BCUT2D eigenvalue weighted by atomic mass is 19.1. The lowest BCUT2D eigenvalue weighted by Gasteiger charge is -2.12. The SMILES string of the molecule is Cc1c(F)cccc1NC(=O)[C@H]1CCC(=O)N1. The molecule has 0 aromatic heterocycles. The largest absolute Gasteiger partial charge is 0.344 e. The van der Waals surface area contributed by atoms with Gasteiger partial charge in [0.05, 0.1) is 0 Å². The number of anilines is 1. The Morgan fingerprint density at radius 3 is 2.94 bits per heavy atom. The van der Waals surface area contributed by atoms with E-state index in [1.54, 1.807) is 13.0 Å². The number of benzene rings is 1. The molecule has 2 amide bonds. The number of halogens is 1. The maximum absolute atomic E-state index is 13.2. The molecule has 1 aromatic rings. The van der Waals surface area contributed by atoms with Gasteiger partial charge in [-0.2, -0.15) is 0 Å². The summed E-state index contributed by atoms with van der Waals surface area (Å²) in [5.41, 5.74) is 0.835. The molecule has 0 aliphatic carbocycles. The summed E-state index contributed by atoms with van der Waals surface area (Å²) < 4.78 is 13.2. The van der Waals surface area contributed by atoms with Crippen molar-refractivity contribution in [2.24, 2.45) is 0 Å². The summed E-state index contributed by atoms with van der Waals surface area (Å²) in [5, 5.41) is 5.18. The number of carbonyl (C=O) groups excluding carboxylic acids is 2. The van der Waals surface area contributed by atoms with Crippen molar-refractivity contribution in [3.63, 3.8) is 0 Å². The molecule has 17 heavy (non-hydrogen) atoms. The predicted molar refractivity (Wildman–Crippen MR) is 60.9 cm³/mol. The molecule has 1 saturated heterocycles. The van der Waals surface area contributed by atoms with Crippen LogP contribution in [0.1, 0.15) is 18.4 Å². The molecule has 1 aromatic carbocycles. The fraction of sp³-hybridized carbons (Fsp3) is 0.333. The van der Waals surface area contributed by atoms with Gasteiger partial charge in [0.1, 0.15) is 11.9 Å². The van der Waals surface area contributed by atoms with E-state index in [2.05, 4.69) is 10.6 Å². The first kappa shape index (κ1) is 11.6. The molecule has 4 nitrogen and oxygen atoms in total. The minimum Gasteiger partial charge on any atom is -0.344 e. The molecule has 0 bridgehead atoms. The summed E-state index contributed by atoms with van der Waals surface area (Å²) in [6.45, 7) is 1.60. The molecule has 1 fully saturated rings. The molecule has 0 radical (unpaired) electrons. The van der Waals surface area contributed by atoms with E-state index < -0.39 is 6.04 Å². The van der Waals surface area contributed by atoms with Gasteiger partial charge in [-0.25, -0.2) is 4.39 Å². The summed E-state index contributed by atoms with van der Waals surface area (Å²) in [7, 11) is 0. The van der Waals surface area contributed by atoms with E-state index >= 15 is 0 Å². The van der Waals surface area contributed by atoms with Crippen molar-refractivity contribution in [1.29, 1.82) is 0 Å². The molecule has 2 N–H and O–H groups in total. The minimum absolute atomic E-state index is 0.124. The smallest absolute Gasteiger partial charge is 0.246 e. The van der Waals surface area contributed by atoms with Gasteiger partial charge >= 0.3 is 0 Å². The van der Waals surface area contributed by atoms with E-state index in [1.807, 2.05) is 0 Å². The van der Waals surface area contributed by atoms with Crippen molar-refractivity contribution in [1.82, 2.24) is 5.32 Å². The number of hydrogen-bond donors (Lipinski definition) is 2. The van der Waals surface area contributed by atoms with Crippen LogP contribution in [-0.2, 0) is 9.59 Å². The average Bonchev–Trinajstić information content (AvgIpc) is 2.72. The van der Waals surface area contributed by atoms with Crippen LogP contribution in [0, 0.1) is 12.7 Å². The highest BCUT2D eigenvalue weighted by Crippen LogP contribution is 2.18. The lowest BCUT2D eigenvalue weighted by atomic mass is 10.1. The standard InChI is InChI=1S/C12H13FN2O2/c1-7-8(13)3-2-4-9(7)15-12(17)10-5-6-11(16)14-10/h2-4,10H,5-6H2,1H3,(H,14,16)(H,15,17)/t10-/m1/s1. The number of amides is 2. The Morgan fingerprint density at radius 2 is 2.29 bits per heavy atom. The van der Waals surface area contributed by atoms with E-state index in [4.69, 9.17) is 0 Å². The quantitative estimate of drug-likeness (QED) is 0.814. The molecule has 1 aliphatic rings. The first-order valence-corrected chi connectivity index (χ1v) is 5.43. The van der Waals surface area contributed by atoms with Gasteiger partial charge in [0, 0.05) is 17.7 Å². The molecular formula is C12H13FN2O2. The Kier molecular flexibility index (Phi) is 3.08. The van der Waals surface area contributed by atoms with Crippen LogP contribution in [0.25, 0.3) is 0 Å². The van der Waals surface area contributed by atoms with Crippen LogP contribution >= 0.6 is 0 Å². The van der Waals surface area contributed by atoms with Crippen LogP contribution < -0.4 is 10.6 Å². The average molecular weight is 236 g/mol. The molecule has 90 valence electrons. The topological polar surface area (TPSA) is 58.2 Å². The summed E-state index contributed by atoms with van der Waals surface area (Å²) in [5.74, 6) is -0.788. The molecule has 5 heteroatoms. The van der Waals surface area contributed by atoms with Gasteiger partial charge in [0.25, 0.3) is 0 Å². The Balaban J connectivity index is 2.08. The van der Waals surface area contributed by atoms with Gasteiger partial charge in [-0.05, 0) is 25.5 Å². The van der Waals surface area contributed by atoms with Gasteiger partial charge in [-0.3, -0.25) is 9.59 Å². The van der Waals surface area contributed by atoms with E-state index in [-0.39, 0.29) is 17.6 Å². The Morgan fingerprint density at radius 1 is 1.53 bits per heavy atom. The van der Waals surface area contributed by atoms with Gasteiger partial charge in [-0.15, -0.1) is 0 Å². The third kappa shape index (κ3) is 2.43. The van der Waals surface area contributed by atoms with Crippen molar-refractivity contribution in [3.05, 3.63) is 29.6 Å². The molecule has 0 saturated carbocycles. The van der Waals surface area contributed by atoms with Crippen molar-refractivity contribution in [2.45, 2.75) is 25.8 Å². The van der Waals surface area contributed by atoms with Crippen LogP contribution in [0.15, 0.2) is 18.2 Å². The zero-order valence-electron chi connectivity index (χ0n) is 9.42. The second-order valence-electron chi connectivity index (χ2n) is 4.06. The summed E-state index contributed by atoms with van der Waals surface area (Å²) in [4.78, 5) is 22.8. The maximum atomic E-state index is 13.2. The van der Waals surface area contributed by atoms with Crippen LogP contribution in [0.4, 0.5) is 10.1 Å². The fourth-order valence-corrected chi connectivity index (χ4v) is 1.77. The number of hydrogen-bond acceptors (Lipinski definition) is 2. The normalized spacial score (nSPS) is 18.9. The summed E-state index contributed by atoms with van der Waals surface area (Å²) in [6.07, 6.45) is 0.846. The minimum atomic E-state index is -0.509. The summed E-state index contributed by atoms with van der Waals surface area (Å²) >= 11 is 0. The lowest BCUT2D eigenvalue weighted by Crippen LogP contribution is -2.37. The van der Waals surface area contributed by atoms with E-state index in [0.717, 1.165) is 0 Å². The predicted octanol–water partition coefficient (Wildman–Crippen LogP) is 1.35. The third-order valence-corrected chi connectivity index (χ3v) is 2.84. The van der Waals surface area contributed by atoms with Crippen molar-refractivity contribution in [3.8, 4) is 0 Å². The van der Waals surface area contributed by atoms with Crippen molar-refractivity contribution < 1.29 is 14.0 Å². The van der Waals surface area contributed by atoms with Crippen LogP contribution in [-0.4, -0.2) is 17.9 Å². The van der Waals surface area contributed by atoms with E-state index in [0.29, 0.717) is 24.1 Å². The van der Waals surface area contributed by atoms with E-state index in [9.17, 15) is 14.0 Å². The summed E-state index contributed by atoms with van der Waals surface area (Å²) in [6, 6.07) is 3.99. The Labute approximate surface area is 98.2 Å². The highest BCUT2D eigenvalue weighted by Gasteiger charge is 2.27. The molecule has 2 rings (SSSR count). The molecule has 0 unspecified atom stereocenters. The van der Waals surface area contributed by atoms with Gasteiger partial charge in [0.15, 0.2) is 0 Å². The van der Waals surface area contributed by atoms with Gasteiger partial charge < -0.3 is 10.6 Å². The van der Waals surface area contributed by atoms with Gasteiger partial charge in [-0.1, -0.05) is 6.07 Å². The molecule has 1 atom stereocenters. The number of nitrogens with one attached hydrogen (secondary N) is 2. The molecular weight excluding hydrogens is 223 g/mol. The van der Waals surface area contributed by atoms with Crippen LogP contribution in [0.3, 0.4) is 0 Å². The molecule has 0 spiro atoms. The van der Waals surface area contributed by atoms with Crippen LogP contribution in [0.5, 0.6) is 0 Å². The zero-order valence-corrected chi connectivity index (χ0v) is 9.42. The lowest BCUT2D eigenvalue weighted by molar-refractivity contribution is -0.122. The van der Waals surface area contributed by atoms with Crippen molar-refractivity contribution in [2.75, 3.05) is 5.32 Å². The van der Waals surface area contributed by atoms with Crippen LogP contribution in [0.2, 0.25) is 0 Å². The van der Waals surface area contributed by atoms with Gasteiger partial charge in [0.2, 0.25) is 11.8 Å². The van der Waals surface area contributed by atoms with Crippen molar-refractivity contribution >= 4 is 17.5 Å². The first-order valence-electron chi connectivity index (χ1n) is 5.43. The monoisotopic (exact) mass is 236 g/mol. The Bertz CT molecular complexity index is 474. The fourth-order valence-electron chi connectivity index (χ4n) is 1.77. The Hall–Kier alpha value is -1.91.